The summed E-state index contributed by atoms with van der Waals surface area (Å²) >= 11 is 0. The number of hydrogen-bond donors (Lipinski definition) is 1. The number of rotatable bonds is 5. The van der Waals surface area contributed by atoms with Crippen molar-refractivity contribution in [1.29, 1.82) is 0 Å². The Morgan fingerprint density at radius 3 is 2.48 bits per heavy atom. The van der Waals surface area contributed by atoms with Gasteiger partial charge in [0.05, 0.1) is 6.61 Å². The third-order valence-corrected chi connectivity index (χ3v) is 7.51. The minimum atomic E-state index is -0.993. The van der Waals surface area contributed by atoms with E-state index in [0.29, 0.717) is 12.5 Å². The van der Waals surface area contributed by atoms with Gasteiger partial charge in [-0.2, -0.15) is 0 Å². The van der Waals surface area contributed by atoms with Gasteiger partial charge in [0.25, 0.3) is 0 Å². The molecule has 1 saturated carbocycles. The maximum atomic E-state index is 14.5. The minimum absolute atomic E-state index is 0.230. The number of benzene rings is 1. The quantitative estimate of drug-likeness (QED) is 0.616. The van der Waals surface area contributed by atoms with Gasteiger partial charge in [-0.15, -0.1) is 0 Å². The van der Waals surface area contributed by atoms with Gasteiger partial charge in [-0.3, -0.25) is 0 Å². The van der Waals surface area contributed by atoms with E-state index >= 15 is 0 Å². The normalized spacial score (nSPS) is 26.3. The second-order valence-electron chi connectivity index (χ2n) is 9.61. The Bertz CT molecular complexity index is 798. The van der Waals surface area contributed by atoms with E-state index in [9.17, 15) is 4.39 Å². The Morgan fingerprint density at radius 1 is 1.03 bits per heavy atom. The summed E-state index contributed by atoms with van der Waals surface area (Å²) in [6, 6.07) is 6.01. The molecule has 2 atom stereocenters. The molecule has 0 bridgehead atoms. The van der Waals surface area contributed by atoms with Crippen LogP contribution in [-0.2, 0) is 4.74 Å². The van der Waals surface area contributed by atoms with Gasteiger partial charge in [0.15, 0.2) is 6.17 Å². The Labute approximate surface area is 174 Å². The van der Waals surface area contributed by atoms with Crippen LogP contribution in [-0.4, -0.2) is 42.2 Å². The molecule has 0 amide bonds. The average Bonchev–Trinajstić information content (AvgIpc) is 3.49. The smallest absolute Gasteiger partial charge is 0.153 e. The van der Waals surface area contributed by atoms with Crippen LogP contribution in [0.4, 0.5) is 4.39 Å². The van der Waals surface area contributed by atoms with Crippen LogP contribution in [0.2, 0.25) is 0 Å². The van der Waals surface area contributed by atoms with E-state index in [1.165, 1.54) is 88.4 Å². The molecule has 0 radical (unpaired) electrons. The van der Waals surface area contributed by atoms with Crippen molar-refractivity contribution in [3.05, 3.63) is 35.5 Å². The number of H-pyrrole nitrogens is 1. The highest BCUT2D eigenvalue weighted by atomic mass is 19.1. The van der Waals surface area contributed by atoms with Crippen molar-refractivity contribution in [3.63, 3.8) is 0 Å². The number of likely N-dealkylation sites (tertiary alicyclic amines) is 1. The molecule has 1 aliphatic carbocycles. The number of nitrogens with zero attached hydrogens (tertiary/aromatic N) is 1. The largest absolute Gasteiger partial charge is 0.370 e. The highest BCUT2D eigenvalue weighted by molar-refractivity contribution is 5.84. The number of epoxide rings is 1. The number of aromatic nitrogens is 1. The van der Waals surface area contributed by atoms with Crippen molar-refractivity contribution in [3.8, 4) is 0 Å². The van der Waals surface area contributed by atoms with Crippen LogP contribution >= 0.6 is 0 Å². The summed E-state index contributed by atoms with van der Waals surface area (Å²) in [6.07, 6.45) is 13.4. The van der Waals surface area contributed by atoms with Gasteiger partial charge >= 0.3 is 0 Å². The molecule has 158 valence electrons. The fraction of sp³-hybridized carbons (Fsp3) is 0.680. The molecule has 5 rings (SSSR count). The van der Waals surface area contributed by atoms with Crippen molar-refractivity contribution in [1.82, 2.24) is 9.88 Å². The molecular formula is C25H35FN2O. The summed E-state index contributed by atoms with van der Waals surface area (Å²) < 4.78 is 19.7. The molecule has 3 fully saturated rings. The van der Waals surface area contributed by atoms with Crippen LogP contribution in [0.3, 0.4) is 0 Å². The minimum Gasteiger partial charge on any atom is -0.370 e. The standard InChI is InChI=1S/C25H35FN2O/c26-25(24-17-29-24)20-8-9-23-21(14-20)22(15-27-23)19-10-12-28(13-11-19)16-18-6-4-2-1-3-5-7-18/h8-9,14-15,18-19,24-25,27H,1-7,10-13,16-17H2. The first-order valence-corrected chi connectivity index (χ1v) is 11.9. The van der Waals surface area contributed by atoms with E-state index in [4.69, 9.17) is 4.74 Å². The molecule has 2 saturated heterocycles. The summed E-state index contributed by atoms with van der Waals surface area (Å²) in [4.78, 5) is 6.13. The number of ether oxygens (including phenoxy) is 1. The van der Waals surface area contributed by atoms with Gasteiger partial charge < -0.3 is 14.6 Å². The van der Waals surface area contributed by atoms with Crippen LogP contribution in [0.15, 0.2) is 24.4 Å². The summed E-state index contributed by atoms with van der Waals surface area (Å²) in [5, 5.41) is 1.21. The van der Waals surface area contributed by atoms with E-state index in [2.05, 4.69) is 22.1 Å². The molecule has 1 aromatic heterocycles. The average molecular weight is 399 g/mol. The predicted molar refractivity (Wildman–Crippen MR) is 116 cm³/mol. The summed E-state index contributed by atoms with van der Waals surface area (Å²) in [5.74, 6) is 1.50. The van der Waals surface area contributed by atoms with E-state index in [1.807, 2.05) is 12.1 Å². The number of hydrogen-bond acceptors (Lipinski definition) is 2. The molecule has 4 heteroatoms. The van der Waals surface area contributed by atoms with Crippen molar-refractivity contribution in [2.45, 2.75) is 76.0 Å². The van der Waals surface area contributed by atoms with Crippen LogP contribution in [0.1, 0.15) is 81.0 Å². The maximum Gasteiger partial charge on any atom is 0.153 e. The van der Waals surface area contributed by atoms with Gasteiger partial charge in [0.2, 0.25) is 0 Å². The van der Waals surface area contributed by atoms with Gasteiger partial charge in [-0.25, -0.2) is 4.39 Å². The van der Waals surface area contributed by atoms with Crippen LogP contribution < -0.4 is 0 Å². The van der Waals surface area contributed by atoms with Gasteiger partial charge in [-0.1, -0.05) is 38.2 Å². The third kappa shape index (κ3) is 4.54. The fourth-order valence-corrected chi connectivity index (χ4v) is 5.62. The first-order valence-electron chi connectivity index (χ1n) is 11.9. The molecule has 3 aliphatic rings. The van der Waals surface area contributed by atoms with E-state index in [-0.39, 0.29) is 6.10 Å². The van der Waals surface area contributed by atoms with E-state index < -0.39 is 6.17 Å². The van der Waals surface area contributed by atoms with E-state index in [1.54, 1.807) is 0 Å². The zero-order valence-electron chi connectivity index (χ0n) is 17.5. The lowest BCUT2D eigenvalue weighted by molar-refractivity contribution is 0.169. The number of piperidine rings is 1. The van der Waals surface area contributed by atoms with Crippen molar-refractivity contribution in [2.75, 3.05) is 26.2 Å². The third-order valence-electron chi connectivity index (χ3n) is 7.51. The Hall–Kier alpha value is -1.39. The van der Waals surface area contributed by atoms with Crippen LogP contribution in [0, 0.1) is 5.92 Å². The molecule has 29 heavy (non-hydrogen) atoms. The monoisotopic (exact) mass is 398 g/mol. The second kappa shape index (κ2) is 8.77. The van der Waals surface area contributed by atoms with Gasteiger partial charge in [0.1, 0.15) is 6.10 Å². The Kier molecular flexibility index (Phi) is 5.92. The molecule has 3 heterocycles. The molecule has 1 N–H and O–H groups in total. The predicted octanol–water partition coefficient (Wildman–Crippen LogP) is 6.12. The van der Waals surface area contributed by atoms with Crippen LogP contribution in [0.25, 0.3) is 10.9 Å². The number of halogens is 1. The highest BCUT2D eigenvalue weighted by Crippen LogP contribution is 2.37. The lowest BCUT2D eigenvalue weighted by Gasteiger charge is -2.35. The first kappa shape index (κ1) is 19.6. The summed E-state index contributed by atoms with van der Waals surface area (Å²) in [6.45, 7) is 4.26. The lowest BCUT2D eigenvalue weighted by atomic mass is 9.87. The number of alkyl halides is 1. The second-order valence-corrected chi connectivity index (χ2v) is 9.61. The molecule has 2 aromatic rings. The zero-order chi connectivity index (χ0) is 19.6. The Balaban J connectivity index is 1.22. The zero-order valence-corrected chi connectivity index (χ0v) is 17.5. The summed E-state index contributed by atoms with van der Waals surface area (Å²) in [5.41, 5.74) is 3.28. The molecule has 3 nitrogen and oxygen atoms in total. The maximum absolute atomic E-state index is 14.5. The topological polar surface area (TPSA) is 31.6 Å². The molecular weight excluding hydrogens is 363 g/mol. The molecule has 1 aromatic carbocycles. The summed E-state index contributed by atoms with van der Waals surface area (Å²) in [7, 11) is 0. The molecule has 2 aliphatic heterocycles. The number of nitrogens with one attached hydrogen (secondary N) is 1. The SMILES string of the molecule is FC(c1ccc2[nH]cc(C3CCN(CC4CCCCCCC4)CC3)c2c1)C1CO1. The van der Waals surface area contributed by atoms with Crippen molar-refractivity contribution >= 4 is 10.9 Å². The Morgan fingerprint density at radius 2 is 1.76 bits per heavy atom. The molecule has 2 unspecified atom stereocenters. The lowest BCUT2D eigenvalue weighted by Crippen LogP contribution is -2.36. The van der Waals surface area contributed by atoms with Crippen LogP contribution in [0.5, 0.6) is 0 Å². The van der Waals surface area contributed by atoms with Crippen molar-refractivity contribution < 1.29 is 9.13 Å². The van der Waals surface area contributed by atoms with Crippen molar-refractivity contribution in [2.24, 2.45) is 5.92 Å². The fourth-order valence-electron chi connectivity index (χ4n) is 5.62. The van der Waals surface area contributed by atoms with Gasteiger partial charge in [-0.05, 0) is 73.9 Å². The van der Waals surface area contributed by atoms with Gasteiger partial charge in [0, 0.05) is 23.6 Å². The van der Waals surface area contributed by atoms with E-state index in [0.717, 1.165) is 17.0 Å². The number of fused-ring (bicyclic) bond motifs is 1. The first-order chi connectivity index (χ1) is 14.3. The highest BCUT2D eigenvalue weighted by Gasteiger charge is 2.34. The molecule has 0 spiro atoms. The number of aromatic amines is 1.